The van der Waals surface area contributed by atoms with E-state index in [9.17, 15) is 4.79 Å². The van der Waals surface area contributed by atoms with Crippen molar-refractivity contribution in [2.45, 2.75) is 51.6 Å². The van der Waals surface area contributed by atoms with E-state index in [0.717, 1.165) is 31.2 Å². The number of esters is 1. The van der Waals surface area contributed by atoms with Gasteiger partial charge in [0.15, 0.2) is 5.71 Å². The molecule has 1 aromatic rings. The molecule has 1 aliphatic rings. The van der Waals surface area contributed by atoms with E-state index < -0.39 is 5.97 Å². The first-order chi connectivity index (χ1) is 10.3. The fourth-order valence-electron chi connectivity index (χ4n) is 2.36. The van der Waals surface area contributed by atoms with Gasteiger partial charge in [-0.15, -0.1) is 0 Å². The third-order valence-corrected chi connectivity index (χ3v) is 3.47. The van der Waals surface area contributed by atoms with Gasteiger partial charge in [-0.3, -0.25) is 4.98 Å². The van der Waals surface area contributed by atoms with Crippen LogP contribution in [0.25, 0.3) is 0 Å². The van der Waals surface area contributed by atoms with Gasteiger partial charge in [0, 0.05) is 18.8 Å². The second kappa shape index (κ2) is 8.39. The van der Waals surface area contributed by atoms with Crippen molar-refractivity contribution in [2.24, 2.45) is 5.16 Å². The van der Waals surface area contributed by atoms with Gasteiger partial charge in [-0.1, -0.05) is 17.6 Å². The van der Waals surface area contributed by atoms with Crippen molar-refractivity contribution in [3.63, 3.8) is 0 Å². The van der Waals surface area contributed by atoms with Gasteiger partial charge in [-0.25, -0.2) is 4.79 Å². The second-order valence-corrected chi connectivity index (χ2v) is 5.16. The van der Waals surface area contributed by atoms with E-state index in [0.29, 0.717) is 18.7 Å². The molecule has 0 bridgehead atoms. The Balaban J connectivity index is 2.01. The number of hydrogen-bond acceptors (Lipinski definition) is 5. The van der Waals surface area contributed by atoms with Gasteiger partial charge in [-0.05, 0) is 44.2 Å². The summed E-state index contributed by atoms with van der Waals surface area (Å²) in [5.74, 6) is -0.419. The third kappa shape index (κ3) is 5.17. The predicted octanol–water partition coefficient (Wildman–Crippen LogP) is 2.89. The number of ether oxygens (including phenoxy) is 1. The molecule has 0 saturated heterocycles. The van der Waals surface area contributed by atoms with Gasteiger partial charge in [-0.2, -0.15) is 0 Å². The van der Waals surface area contributed by atoms with Crippen molar-refractivity contribution in [2.75, 3.05) is 6.61 Å². The SMILES string of the molecule is CCOC(=O)/C(Cc1cccnc1)=N/OC1CCCCC1. The summed E-state index contributed by atoms with van der Waals surface area (Å²) in [5.41, 5.74) is 1.21. The molecule has 0 aliphatic heterocycles. The number of aromatic nitrogens is 1. The molecule has 5 heteroatoms. The van der Waals surface area contributed by atoms with Crippen LogP contribution in [0.2, 0.25) is 0 Å². The maximum atomic E-state index is 12.0. The first kappa shape index (κ1) is 15.5. The lowest BCUT2D eigenvalue weighted by atomic mass is 9.98. The molecule has 0 unspecified atom stereocenters. The number of oxime groups is 1. The maximum absolute atomic E-state index is 12.0. The van der Waals surface area contributed by atoms with Gasteiger partial charge in [0.1, 0.15) is 6.10 Å². The van der Waals surface area contributed by atoms with E-state index in [-0.39, 0.29) is 6.10 Å². The first-order valence-corrected chi connectivity index (χ1v) is 7.58. The number of nitrogens with zero attached hydrogens (tertiary/aromatic N) is 2. The third-order valence-electron chi connectivity index (χ3n) is 3.47. The second-order valence-electron chi connectivity index (χ2n) is 5.16. The van der Waals surface area contributed by atoms with Crippen LogP contribution in [-0.2, 0) is 20.8 Å². The maximum Gasteiger partial charge on any atom is 0.356 e. The normalized spacial score (nSPS) is 16.5. The number of pyridine rings is 1. The Labute approximate surface area is 125 Å². The summed E-state index contributed by atoms with van der Waals surface area (Å²) in [5, 5.41) is 4.08. The summed E-state index contributed by atoms with van der Waals surface area (Å²) in [4.78, 5) is 21.6. The zero-order chi connectivity index (χ0) is 14.9. The van der Waals surface area contributed by atoms with E-state index in [1.165, 1.54) is 6.42 Å². The van der Waals surface area contributed by atoms with E-state index in [2.05, 4.69) is 10.1 Å². The lowest BCUT2D eigenvalue weighted by Gasteiger charge is -2.19. The first-order valence-electron chi connectivity index (χ1n) is 7.58. The van der Waals surface area contributed by atoms with Crippen LogP contribution in [0.5, 0.6) is 0 Å². The van der Waals surface area contributed by atoms with Crippen LogP contribution in [-0.4, -0.2) is 29.4 Å². The smallest absolute Gasteiger partial charge is 0.356 e. The molecule has 114 valence electrons. The van der Waals surface area contributed by atoms with Gasteiger partial charge in [0.25, 0.3) is 0 Å². The average Bonchev–Trinajstić information content (AvgIpc) is 2.53. The lowest BCUT2D eigenvalue weighted by molar-refractivity contribution is -0.135. The van der Waals surface area contributed by atoms with E-state index in [1.807, 2.05) is 12.1 Å². The summed E-state index contributed by atoms with van der Waals surface area (Å²) in [6, 6.07) is 3.74. The molecule has 0 N–H and O–H groups in total. The number of rotatable bonds is 6. The van der Waals surface area contributed by atoms with Crippen LogP contribution in [0.4, 0.5) is 0 Å². The van der Waals surface area contributed by atoms with Gasteiger partial charge in [0.2, 0.25) is 0 Å². The van der Waals surface area contributed by atoms with Crippen molar-refractivity contribution in [3.8, 4) is 0 Å². The van der Waals surface area contributed by atoms with Crippen LogP contribution in [0.1, 0.15) is 44.6 Å². The van der Waals surface area contributed by atoms with Crippen LogP contribution >= 0.6 is 0 Å². The summed E-state index contributed by atoms with van der Waals surface area (Å²) >= 11 is 0. The molecule has 0 amide bonds. The molecular weight excluding hydrogens is 268 g/mol. The van der Waals surface area contributed by atoms with Crippen molar-refractivity contribution < 1.29 is 14.4 Å². The zero-order valence-electron chi connectivity index (χ0n) is 12.5. The highest BCUT2D eigenvalue weighted by molar-refractivity contribution is 6.36. The highest BCUT2D eigenvalue weighted by atomic mass is 16.6. The van der Waals surface area contributed by atoms with E-state index >= 15 is 0 Å². The molecule has 1 saturated carbocycles. The Morgan fingerprint density at radius 1 is 1.38 bits per heavy atom. The monoisotopic (exact) mass is 290 g/mol. The Morgan fingerprint density at radius 2 is 2.19 bits per heavy atom. The minimum atomic E-state index is -0.419. The van der Waals surface area contributed by atoms with Crippen LogP contribution in [0.15, 0.2) is 29.7 Å². The number of hydrogen-bond donors (Lipinski definition) is 0. The summed E-state index contributed by atoms with van der Waals surface area (Å²) in [6.45, 7) is 2.11. The largest absolute Gasteiger partial charge is 0.461 e. The van der Waals surface area contributed by atoms with Crippen molar-refractivity contribution in [1.82, 2.24) is 4.98 Å². The summed E-state index contributed by atoms with van der Waals surface area (Å²) in [7, 11) is 0. The molecule has 1 aliphatic carbocycles. The van der Waals surface area contributed by atoms with Crippen LogP contribution in [0.3, 0.4) is 0 Å². The number of carbonyl (C=O) groups is 1. The van der Waals surface area contributed by atoms with E-state index in [1.54, 1.807) is 19.3 Å². The lowest BCUT2D eigenvalue weighted by Crippen LogP contribution is -2.22. The Hall–Kier alpha value is -1.91. The van der Waals surface area contributed by atoms with Crippen molar-refractivity contribution in [1.29, 1.82) is 0 Å². The standard InChI is InChI=1S/C16H22N2O3/c1-2-20-16(19)15(11-13-7-6-10-17-12-13)18-21-14-8-4-3-5-9-14/h6-7,10,12,14H,2-5,8-9,11H2,1H3/b18-15+. The van der Waals surface area contributed by atoms with Crippen molar-refractivity contribution in [3.05, 3.63) is 30.1 Å². The van der Waals surface area contributed by atoms with Crippen LogP contribution in [0, 0.1) is 0 Å². The van der Waals surface area contributed by atoms with Gasteiger partial charge < -0.3 is 9.57 Å². The molecular formula is C16H22N2O3. The molecule has 5 nitrogen and oxygen atoms in total. The average molecular weight is 290 g/mol. The minimum Gasteiger partial charge on any atom is -0.461 e. The Morgan fingerprint density at radius 3 is 2.86 bits per heavy atom. The molecule has 1 aromatic heterocycles. The fourth-order valence-corrected chi connectivity index (χ4v) is 2.36. The van der Waals surface area contributed by atoms with Crippen molar-refractivity contribution >= 4 is 11.7 Å². The highest BCUT2D eigenvalue weighted by Gasteiger charge is 2.18. The molecule has 0 spiro atoms. The Kier molecular flexibility index (Phi) is 6.19. The zero-order valence-corrected chi connectivity index (χ0v) is 12.5. The quantitative estimate of drug-likeness (QED) is 0.459. The predicted molar refractivity (Wildman–Crippen MR) is 80.0 cm³/mol. The molecule has 2 rings (SSSR count). The van der Waals surface area contributed by atoms with Gasteiger partial charge >= 0.3 is 5.97 Å². The topological polar surface area (TPSA) is 60.8 Å². The van der Waals surface area contributed by atoms with Gasteiger partial charge in [0.05, 0.1) is 6.61 Å². The fraction of sp³-hybridized carbons (Fsp3) is 0.562. The Bertz CT molecular complexity index is 468. The molecule has 1 fully saturated rings. The number of carbonyl (C=O) groups excluding carboxylic acids is 1. The molecule has 21 heavy (non-hydrogen) atoms. The summed E-state index contributed by atoms with van der Waals surface area (Å²) < 4.78 is 5.05. The summed E-state index contributed by atoms with van der Waals surface area (Å²) in [6.07, 6.45) is 9.51. The van der Waals surface area contributed by atoms with E-state index in [4.69, 9.17) is 9.57 Å². The molecule has 1 heterocycles. The minimum absolute atomic E-state index is 0.122. The molecule has 0 radical (unpaired) electrons. The highest BCUT2D eigenvalue weighted by Crippen LogP contribution is 2.20. The molecule has 0 aromatic carbocycles. The molecule has 0 atom stereocenters. The van der Waals surface area contributed by atoms with Crippen LogP contribution < -0.4 is 0 Å².